The number of β-amino-alcohol motifs (C(OH)–C–C–N with tert-alkyl or cyclic N) is 1. The van der Waals surface area contributed by atoms with Crippen LogP contribution < -0.4 is 5.32 Å². The molecule has 1 aromatic carbocycles. The van der Waals surface area contributed by atoms with Gasteiger partial charge in [0, 0.05) is 23.0 Å². The van der Waals surface area contributed by atoms with E-state index in [1.54, 1.807) is 22.7 Å². The van der Waals surface area contributed by atoms with E-state index in [9.17, 15) is 9.90 Å². The maximum absolute atomic E-state index is 12.3. The minimum Gasteiger partial charge on any atom is -0.391 e. The Kier molecular flexibility index (Phi) is 5.79. The Labute approximate surface area is 134 Å². The summed E-state index contributed by atoms with van der Waals surface area (Å²) in [6.45, 7) is 5.12. The molecule has 2 rings (SSSR count). The number of rotatable bonds is 3. The van der Waals surface area contributed by atoms with Gasteiger partial charge in [-0.3, -0.25) is 0 Å². The van der Waals surface area contributed by atoms with Gasteiger partial charge in [0.15, 0.2) is 0 Å². The molecule has 1 aliphatic rings. The van der Waals surface area contributed by atoms with Gasteiger partial charge in [0.05, 0.1) is 11.8 Å². The molecule has 0 bridgehead atoms. The number of amides is 2. The number of halogens is 1. The number of carbonyl (C=O) groups excluding carboxylic acids is 1. The highest BCUT2D eigenvalue weighted by atomic mass is 35.5. The van der Waals surface area contributed by atoms with Gasteiger partial charge in [0.25, 0.3) is 0 Å². The molecule has 116 valence electrons. The first kappa shape index (κ1) is 16.5. The Hall–Kier alpha value is -0.910. The number of hydrogen-bond acceptors (Lipinski definition) is 3. The molecule has 1 fully saturated rings. The molecule has 1 saturated heterocycles. The molecule has 1 heterocycles. The highest BCUT2D eigenvalue weighted by Crippen LogP contribution is 2.30. The molecular formula is C15H21ClN2O2S. The van der Waals surface area contributed by atoms with Crippen molar-refractivity contribution >= 4 is 35.1 Å². The van der Waals surface area contributed by atoms with Gasteiger partial charge in [0.2, 0.25) is 0 Å². The lowest BCUT2D eigenvalue weighted by molar-refractivity contribution is 0.0463. The predicted molar refractivity (Wildman–Crippen MR) is 88.2 cm³/mol. The number of benzene rings is 1. The van der Waals surface area contributed by atoms with Gasteiger partial charge in [-0.2, -0.15) is 0 Å². The zero-order chi connectivity index (χ0) is 15.4. The number of thioether (sulfide) groups is 1. The van der Waals surface area contributed by atoms with E-state index in [1.807, 2.05) is 19.1 Å². The molecule has 2 N–H and O–H groups in total. The van der Waals surface area contributed by atoms with Gasteiger partial charge >= 0.3 is 6.03 Å². The van der Waals surface area contributed by atoms with Crippen LogP contribution in [0.2, 0.25) is 5.02 Å². The second kappa shape index (κ2) is 7.38. The fourth-order valence-corrected chi connectivity index (χ4v) is 3.22. The van der Waals surface area contributed by atoms with Crippen molar-refractivity contribution in [1.82, 2.24) is 4.90 Å². The summed E-state index contributed by atoms with van der Waals surface area (Å²) >= 11 is 7.67. The topological polar surface area (TPSA) is 52.6 Å². The number of piperidine rings is 1. The second-order valence-electron chi connectivity index (χ2n) is 5.28. The van der Waals surface area contributed by atoms with E-state index in [0.29, 0.717) is 18.1 Å². The molecule has 2 atom stereocenters. The lowest BCUT2D eigenvalue weighted by Crippen LogP contribution is -2.47. The fourth-order valence-electron chi connectivity index (χ4n) is 2.31. The highest BCUT2D eigenvalue weighted by molar-refractivity contribution is 7.99. The minimum absolute atomic E-state index is 0.179. The third-order valence-electron chi connectivity index (χ3n) is 3.69. The van der Waals surface area contributed by atoms with Crippen molar-refractivity contribution < 1.29 is 9.90 Å². The number of aliphatic hydroxyl groups is 1. The van der Waals surface area contributed by atoms with Crippen LogP contribution in [0.4, 0.5) is 10.5 Å². The van der Waals surface area contributed by atoms with E-state index >= 15 is 0 Å². The SMILES string of the molecule is CCSc1ccc(Cl)cc1NC(=O)N1CCC(C)C(O)C1. The van der Waals surface area contributed by atoms with Crippen molar-refractivity contribution in [2.45, 2.75) is 31.3 Å². The number of likely N-dealkylation sites (tertiary alicyclic amines) is 1. The number of nitrogens with one attached hydrogen (secondary N) is 1. The molecule has 4 nitrogen and oxygen atoms in total. The first-order chi connectivity index (χ1) is 10.0. The van der Waals surface area contributed by atoms with E-state index < -0.39 is 6.10 Å². The Balaban J connectivity index is 2.07. The molecule has 2 amide bonds. The first-order valence-electron chi connectivity index (χ1n) is 7.17. The molecule has 2 unspecified atom stereocenters. The van der Waals surface area contributed by atoms with Crippen molar-refractivity contribution in [2.24, 2.45) is 5.92 Å². The largest absolute Gasteiger partial charge is 0.391 e. The number of urea groups is 1. The summed E-state index contributed by atoms with van der Waals surface area (Å²) in [5.41, 5.74) is 0.729. The van der Waals surface area contributed by atoms with Crippen molar-refractivity contribution in [1.29, 1.82) is 0 Å². The van der Waals surface area contributed by atoms with E-state index in [4.69, 9.17) is 11.6 Å². The van der Waals surface area contributed by atoms with Crippen LogP contribution in [-0.2, 0) is 0 Å². The van der Waals surface area contributed by atoms with E-state index in [1.165, 1.54) is 0 Å². The molecule has 0 aliphatic carbocycles. The average Bonchev–Trinajstić information content (AvgIpc) is 2.45. The number of anilines is 1. The van der Waals surface area contributed by atoms with Crippen LogP contribution in [0.15, 0.2) is 23.1 Å². The zero-order valence-electron chi connectivity index (χ0n) is 12.3. The van der Waals surface area contributed by atoms with Crippen molar-refractivity contribution in [3.8, 4) is 0 Å². The molecule has 1 aliphatic heterocycles. The van der Waals surface area contributed by atoms with Gasteiger partial charge in [-0.15, -0.1) is 11.8 Å². The summed E-state index contributed by atoms with van der Waals surface area (Å²) in [6.07, 6.45) is 0.370. The summed E-state index contributed by atoms with van der Waals surface area (Å²) in [6, 6.07) is 5.32. The smallest absolute Gasteiger partial charge is 0.321 e. The summed E-state index contributed by atoms with van der Waals surface area (Å²) in [5, 5.41) is 13.4. The lowest BCUT2D eigenvalue weighted by atomic mass is 9.96. The van der Waals surface area contributed by atoms with Crippen LogP contribution >= 0.6 is 23.4 Å². The van der Waals surface area contributed by atoms with Gasteiger partial charge in [-0.1, -0.05) is 25.4 Å². The molecular weight excluding hydrogens is 308 g/mol. The van der Waals surface area contributed by atoms with Crippen LogP contribution in [0, 0.1) is 5.92 Å². The molecule has 6 heteroatoms. The number of nitrogens with zero attached hydrogens (tertiary/aromatic N) is 1. The van der Waals surface area contributed by atoms with Crippen molar-refractivity contribution in [2.75, 3.05) is 24.2 Å². The maximum Gasteiger partial charge on any atom is 0.321 e. The van der Waals surface area contributed by atoms with Gasteiger partial charge < -0.3 is 15.3 Å². The molecule has 0 spiro atoms. The van der Waals surface area contributed by atoms with Crippen LogP contribution in [0.5, 0.6) is 0 Å². The van der Waals surface area contributed by atoms with Crippen molar-refractivity contribution in [3.05, 3.63) is 23.2 Å². The third-order valence-corrected chi connectivity index (χ3v) is 4.88. The Morgan fingerprint density at radius 2 is 2.33 bits per heavy atom. The normalized spacial score (nSPS) is 22.2. The molecule has 0 saturated carbocycles. The molecule has 1 aromatic rings. The van der Waals surface area contributed by atoms with Crippen LogP contribution in [-0.4, -0.2) is 41.0 Å². The van der Waals surface area contributed by atoms with Gasteiger partial charge in [-0.25, -0.2) is 4.79 Å². The quantitative estimate of drug-likeness (QED) is 0.832. The van der Waals surface area contributed by atoms with Crippen LogP contribution in [0.3, 0.4) is 0 Å². The minimum atomic E-state index is -0.451. The first-order valence-corrected chi connectivity index (χ1v) is 8.54. The van der Waals surface area contributed by atoms with Crippen LogP contribution in [0.25, 0.3) is 0 Å². The average molecular weight is 329 g/mol. The number of hydrogen-bond donors (Lipinski definition) is 2. The standard InChI is InChI=1S/C15H21ClN2O2S/c1-3-21-14-5-4-11(16)8-12(14)17-15(20)18-7-6-10(2)13(19)9-18/h4-5,8,10,13,19H,3,6-7,9H2,1-2H3,(H,17,20). The highest BCUT2D eigenvalue weighted by Gasteiger charge is 2.27. The summed E-state index contributed by atoms with van der Waals surface area (Å²) < 4.78 is 0. The lowest BCUT2D eigenvalue weighted by Gasteiger charge is -2.34. The molecule has 0 aromatic heterocycles. The summed E-state index contributed by atoms with van der Waals surface area (Å²) in [7, 11) is 0. The fraction of sp³-hybridized carbons (Fsp3) is 0.533. The van der Waals surface area contributed by atoms with Crippen molar-refractivity contribution in [3.63, 3.8) is 0 Å². The monoisotopic (exact) mass is 328 g/mol. The van der Waals surface area contributed by atoms with E-state index in [-0.39, 0.29) is 11.9 Å². The predicted octanol–water partition coefficient (Wildman–Crippen LogP) is 3.69. The summed E-state index contributed by atoms with van der Waals surface area (Å²) in [5.74, 6) is 1.16. The maximum atomic E-state index is 12.3. The Morgan fingerprint density at radius 3 is 3.00 bits per heavy atom. The number of aliphatic hydroxyl groups excluding tert-OH is 1. The Morgan fingerprint density at radius 1 is 1.57 bits per heavy atom. The third kappa shape index (κ3) is 4.28. The Bertz CT molecular complexity index is 512. The van der Waals surface area contributed by atoms with E-state index in [0.717, 1.165) is 22.8 Å². The van der Waals surface area contributed by atoms with E-state index in [2.05, 4.69) is 12.2 Å². The molecule has 21 heavy (non-hydrogen) atoms. The van der Waals surface area contributed by atoms with Gasteiger partial charge in [0.1, 0.15) is 0 Å². The van der Waals surface area contributed by atoms with Gasteiger partial charge in [-0.05, 0) is 36.3 Å². The number of carbonyl (C=O) groups is 1. The molecule has 0 radical (unpaired) electrons. The van der Waals surface area contributed by atoms with Crippen LogP contribution in [0.1, 0.15) is 20.3 Å². The summed E-state index contributed by atoms with van der Waals surface area (Å²) in [4.78, 5) is 15.0. The zero-order valence-corrected chi connectivity index (χ0v) is 13.9. The second-order valence-corrected chi connectivity index (χ2v) is 7.03.